The molecule has 0 aromatic carbocycles. The molecule has 0 radical (unpaired) electrons. The zero-order valence-corrected chi connectivity index (χ0v) is 17.1. The first-order chi connectivity index (χ1) is 14.4. The monoisotopic (exact) mass is 444 g/mol. The highest BCUT2D eigenvalue weighted by molar-refractivity contribution is 5.76. The third-order valence-electron chi connectivity index (χ3n) is 5.28. The van der Waals surface area contributed by atoms with Crippen LogP contribution in [0.2, 0.25) is 0 Å². The van der Waals surface area contributed by atoms with Gasteiger partial charge in [0.15, 0.2) is 12.2 Å². The molecule has 3 rings (SSSR count). The number of nitrogens with one attached hydrogen (secondary N) is 1. The van der Waals surface area contributed by atoms with Gasteiger partial charge in [0.2, 0.25) is 0 Å². The molecule has 0 bridgehead atoms. The number of nitrogens with zero attached hydrogens (tertiary/aromatic N) is 1. The molecule has 2 heterocycles. The van der Waals surface area contributed by atoms with Crippen LogP contribution in [0.1, 0.15) is 57.7 Å². The number of alkyl halides is 2. The van der Waals surface area contributed by atoms with Crippen molar-refractivity contribution in [3.8, 4) is 0 Å². The maximum atomic E-state index is 13.9. The maximum absolute atomic E-state index is 13.9. The highest BCUT2D eigenvalue weighted by Gasteiger charge is 2.52. The highest BCUT2D eigenvalue weighted by Crippen LogP contribution is 2.46. The average Bonchev–Trinajstić information content (AvgIpc) is 2.92. The Morgan fingerprint density at radius 1 is 1.16 bits per heavy atom. The quantitative estimate of drug-likeness (QED) is 0.637. The smallest absolute Gasteiger partial charge is 0.328 e. The lowest BCUT2D eigenvalue weighted by atomic mass is 9.87. The standard InChI is InChI=1S/C19H22F2N2O8/c1-8(24)6-12-15(29-9(2)25)16(30-10(3)26)14(31-12)11-7-23(18(28)22-17(11)27)13-4-5-19(13,20)21/h7,12-16H,4-6H2,1-3H3,(H,22,27,28)/t12-,13?,14+,15-,16+/m1/s1. The Bertz CT molecular complexity index is 1020. The van der Waals surface area contributed by atoms with Crippen LogP contribution in [0.25, 0.3) is 0 Å². The van der Waals surface area contributed by atoms with E-state index in [1.807, 2.05) is 4.98 Å². The van der Waals surface area contributed by atoms with Gasteiger partial charge < -0.3 is 14.2 Å². The van der Waals surface area contributed by atoms with Crippen molar-refractivity contribution < 1.29 is 37.4 Å². The van der Waals surface area contributed by atoms with Crippen LogP contribution in [0.5, 0.6) is 0 Å². The third kappa shape index (κ3) is 4.58. The third-order valence-corrected chi connectivity index (χ3v) is 5.28. The van der Waals surface area contributed by atoms with E-state index >= 15 is 0 Å². The lowest BCUT2D eigenvalue weighted by Gasteiger charge is -2.37. The van der Waals surface area contributed by atoms with Crippen LogP contribution < -0.4 is 11.2 Å². The van der Waals surface area contributed by atoms with E-state index < -0.39 is 66.0 Å². The van der Waals surface area contributed by atoms with Gasteiger partial charge in [-0.25, -0.2) is 13.6 Å². The van der Waals surface area contributed by atoms with E-state index in [1.54, 1.807) is 0 Å². The van der Waals surface area contributed by atoms with Crippen molar-refractivity contribution in [3.05, 3.63) is 32.6 Å². The molecule has 170 valence electrons. The number of esters is 2. The zero-order valence-electron chi connectivity index (χ0n) is 17.1. The van der Waals surface area contributed by atoms with Gasteiger partial charge in [0.25, 0.3) is 11.5 Å². The van der Waals surface area contributed by atoms with Gasteiger partial charge in [0.05, 0.1) is 5.56 Å². The summed E-state index contributed by atoms with van der Waals surface area (Å²) in [6, 6.07) is -1.44. The van der Waals surface area contributed by atoms with Gasteiger partial charge >= 0.3 is 17.6 Å². The fourth-order valence-electron chi connectivity index (χ4n) is 3.85. The van der Waals surface area contributed by atoms with Gasteiger partial charge in [0.1, 0.15) is 24.0 Å². The molecule has 1 aromatic rings. The van der Waals surface area contributed by atoms with Crippen molar-refractivity contribution in [1.82, 2.24) is 9.55 Å². The second-order valence-electron chi connectivity index (χ2n) is 7.72. The summed E-state index contributed by atoms with van der Waals surface area (Å²) < 4.78 is 44.7. The molecule has 0 amide bonds. The molecular weight excluding hydrogens is 422 g/mol. The number of carbonyl (C=O) groups is 3. The molecule has 5 atom stereocenters. The van der Waals surface area contributed by atoms with Gasteiger partial charge in [-0.05, 0) is 13.3 Å². The molecule has 1 saturated heterocycles. The Hall–Kier alpha value is -2.89. The number of aromatic amines is 1. The molecule has 0 spiro atoms. The molecule has 1 aliphatic carbocycles. The van der Waals surface area contributed by atoms with Gasteiger partial charge in [-0.3, -0.25) is 28.7 Å². The van der Waals surface area contributed by atoms with Crippen molar-refractivity contribution in [2.45, 2.75) is 76.4 Å². The molecular formula is C19H22F2N2O8. The number of hydrogen-bond acceptors (Lipinski definition) is 8. The van der Waals surface area contributed by atoms with Crippen molar-refractivity contribution in [1.29, 1.82) is 0 Å². The summed E-state index contributed by atoms with van der Waals surface area (Å²) in [5.41, 5.74) is -2.22. The van der Waals surface area contributed by atoms with Crippen molar-refractivity contribution in [3.63, 3.8) is 0 Å². The highest BCUT2D eigenvalue weighted by atomic mass is 19.3. The minimum atomic E-state index is -3.12. The minimum Gasteiger partial charge on any atom is -0.456 e. The second kappa shape index (κ2) is 8.33. The number of ketones is 1. The van der Waals surface area contributed by atoms with E-state index in [9.17, 15) is 32.8 Å². The Balaban J connectivity index is 2.07. The van der Waals surface area contributed by atoms with Crippen LogP contribution in [0.15, 0.2) is 15.8 Å². The first-order valence-corrected chi connectivity index (χ1v) is 9.63. The molecule has 1 unspecified atom stereocenters. The lowest BCUT2D eigenvalue weighted by molar-refractivity contribution is -0.164. The fraction of sp³-hybridized carbons (Fsp3) is 0.632. The molecule has 1 aliphatic heterocycles. The summed E-state index contributed by atoms with van der Waals surface area (Å²) in [6.45, 7) is 3.46. The van der Waals surface area contributed by atoms with Crippen LogP contribution in [0.4, 0.5) is 8.78 Å². The number of H-pyrrole nitrogens is 1. The van der Waals surface area contributed by atoms with E-state index in [4.69, 9.17) is 14.2 Å². The number of ether oxygens (including phenoxy) is 3. The van der Waals surface area contributed by atoms with Crippen LogP contribution in [0, 0.1) is 0 Å². The van der Waals surface area contributed by atoms with Crippen molar-refractivity contribution in [2.24, 2.45) is 0 Å². The van der Waals surface area contributed by atoms with Gasteiger partial charge in [-0.2, -0.15) is 0 Å². The number of carbonyl (C=O) groups excluding carboxylic acids is 3. The Morgan fingerprint density at radius 3 is 2.26 bits per heavy atom. The number of halogens is 2. The first kappa shape index (κ1) is 22.8. The average molecular weight is 444 g/mol. The predicted molar refractivity (Wildman–Crippen MR) is 98.6 cm³/mol. The number of rotatable bonds is 6. The van der Waals surface area contributed by atoms with Crippen LogP contribution in [-0.4, -0.2) is 51.5 Å². The number of aromatic nitrogens is 2. The van der Waals surface area contributed by atoms with E-state index in [-0.39, 0.29) is 24.2 Å². The molecule has 1 aromatic heterocycles. The Morgan fingerprint density at radius 2 is 1.77 bits per heavy atom. The lowest BCUT2D eigenvalue weighted by Crippen LogP contribution is -2.47. The maximum Gasteiger partial charge on any atom is 0.328 e. The molecule has 10 nitrogen and oxygen atoms in total. The number of hydrogen-bond donors (Lipinski definition) is 1. The van der Waals surface area contributed by atoms with Gasteiger partial charge in [-0.1, -0.05) is 0 Å². The fourth-order valence-corrected chi connectivity index (χ4v) is 3.85. The van der Waals surface area contributed by atoms with Crippen molar-refractivity contribution in [2.75, 3.05) is 0 Å². The molecule has 2 fully saturated rings. The Kier molecular flexibility index (Phi) is 6.12. The van der Waals surface area contributed by atoms with E-state index in [2.05, 4.69) is 0 Å². The van der Waals surface area contributed by atoms with Crippen LogP contribution >= 0.6 is 0 Å². The van der Waals surface area contributed by atoms with Crippen molar-refractivity contribution >= 4 is 17.7 Å². The summed E-state index contributed by atoms with van der Waals surface area (Å²) in [6.07, 6.45) is -4.61. The largest absolute Gasteiger partial charge is 0.456 e. The SMILES string of the molecule is CC(=O)C[C@H]1O[C@@H](c2cn(C3CCC3(F)F)c(=O)[nH]c2=O)[C@H](OC(C)=O)[C@@H]1OC(C)=O. The normalized spacial score (nSPS) is 29.1. The Labute approximate surface area is 174 Å². The van der Waals surface area contributed by atoms with Gasteiger partial charge in [-0.15, -0.1) is 0 Å². The first-order valence-electron chi connectivity index (χ1n) is 9.63. The summed E-state index contributed by atoms with van der Waals surface area (Å²) >= 11 is 0. The second-order valence-corrected chi connectivity index (χ2v) is 7.72. The summed E-state index contributed by atoms with van der Waals surface area (Å²) in [5.74, 6) is -4.97. The minimum absolute atomic E-state index is 0.0281. The van der Waals surface area contributed by atoms with Crippen LogP contribution in [0.3, 0.4) is 0 Å². The summed E-state index contributed by atoms with van der Waals surface area (Å²) in [4.78, 5) is 61.5. The molecule has 2 aliphatic rings. The molecule has 1 N–H and O–H groups in total. The summed E-state index contributed by atoms with van der Waals surface area (Å²) in [7, 11) is 0. The topological polar surface area (TPSA) is 134 Å². The molecule has 1 saturated carbocycles. The van der Waals surface area contributed by atoms with E-state index in [1.165, 1.54) is 6.92 Å². The summed E-state index contributed by atoms with van der Waals surface area (Å²) in [5, 5.41) is 0. The van der Waals surface area contributed by atoms with E-state index in [0.717, 1.165) is 20.0 Å². The number of Topliss-reactive ketones (excluding diaryl/α,β-unsaturated/α-hetero) is 1. The van der Waals surface area contributed by atoms with Gasteiger partial charge in [0, 0.05) is 32.9 Å². The molecule has 31 heavy (non-hydrogen) atoms. The zero-order chi connectivity index (χ0) is 23.1. The predicted octanol–water partition coefficient (Wildman–Crippen LogP) is 0.789. The molecule has 12 heteroatoms. The van der Waals surface area contributed by atoms with Crippen LogP contribution in [-0.2, 0) is 28.6 Å². The van der Waals surface area contributed by atoms with E-state index in [0.29, 0.717) is 4.57 Å².